The zero-order valence-corrected chi connectivity index (χ0v) is 16.3. The molecule has 0 aliphatic heterocycles. The monoisotopic (exact) mass is 472 g/mol. The topological polar surface area (TPSA) is 99.4 Å². The highest BCUT2D eigenvalue weighted by atomic mass is 79.9. The lowest BCUT2D eigenvalue weighted by Gasteiger charge is -2.05. The summed E-state index contributed by atoms with van der Waals surface area (Å²) in [6, 6.07) is 11.1. The van der Waals surface area contributed by atoms with Crippen molar-refractivity contribution in [2.75, 3.05) is 0 Å². The van der Waals surface area contributed by atoms with E-state index in [0.717, 1.165) is 28.7 Å². The van der Waals surface area contributed by atoms with E-state index in [0.29, 0.717) is 5.56 Å². The van der Waals surface area contributed by atoms with Crippen LogP contribution in [-0.4, -0.2) is 30.3 Å². The molecule has 0 aliphatic rings. The average Bonchev–Trinajstić information content (AvgIpc) is 3.15. The van der Waals surface area contributed by atoms with Crippen molar-refractivity contribution < 1.29 is 31.1 Å². The van der Waals surface area contributed by atoms with Crippen molar-refractivity contribution in [1.82, 2.24) is 10.2 Å². The van der Waals surface area contributed by atoms with Gasteiger partial charge in [-0.3, -0.25) is 0 Å². The summed E-state index contributed by atoms with van der Waals surface area (Å²) >= 11 is 3.31. The number of benzene rings is 2. The summed E-state index contributed by atoms with van der Waals surface area (Å²) in [7, 11) is -4.72. The third-order valence-corrected chi connectivity index (χ3v) is 5.46. The molecule has 0 N–H and O–H groups in total. The number of hydrogen-bond acceptors (Lipinski definition) is 7. The number of ether oxygens (including phenoxy) is 1. The van der Waals surface area contributed by atoms with Crippen LogP contribution in [0.2, 0.25) is 0 Å². The molecule has 2 aromatic carbocycles. The maximum absolute atomic E-state index is 12.5. The Bertz CT molecular complexity index is 1080. The molecule has 0 saturated heterocycles. The van der Waals surface area contributed by atoms with Crippen molar-refractivity contribution >= 4 is 31.7 Å². The molecular formula is C17H11BrF2N2O5S. The molecule has 0 amide bonds. The zero-order chi connectivity index (χ0) is 20.3. The molecule has 7 nitrogen and oxygen atoms in total. The Labute approximate surface area is 166 Å². The first-order valence-electron chi connectivity index (χ1n) is 7.65. The van der Waals surface area contributed by atoms with Gasteiger partial charge in [-0.2, -0.15) is 8.78 Å². The van der Waals surface area contributed by atoms with Crippen LogP contribution in [0.15, 0.2) is 62.3 Å². The molecule has 0 saturated carbocycles. The fraction of sp³-hybridized carbons (Fsp3) is 0.118. The smallest absolute Gasteiger partial charge is 0.341 e. The quantitative estimate of drug-likeness (QED) is 0.502. The summed E-state index contributed by atoms with van der Waals surface area (Å²) in [5, 5.41) is 7.64. The van der Waals surface area contributed by atoms with Gasteiger partial charge in [0.05, 0.1) is 10.5 Å². The zero-order valence-electron chi connectivity index (χ0n) is 13.9. The van der Waals surface area contributed by atoms with Crippen LogP contribution in [0, 0.1) is 0 Å². The predicted octanol–water partition coefficient (Wildman–Crippen LogP) is 3.85. The summed E-state index contributed by atoms with van der Waals surface area (Å²) in [5.41, 5.74) is 0.671. The third-order valence-electron chi connectivity index (χ3n) is 3.54. The van der Waals surface area contributed by atoms with Gasteiger partial charge in [0.25, 0.3) is 5.89 Å². The van der Waals surface area contributed by atoms with Crippen LogP contribution in [-0.2, 0) is 21.2 Å². The molecule has 0 unspecified atom stereocenters. The van der Waals surface area contributed by atoms with E-state index in [1.54, 1.807) is 24.3 Å². The number of sulfone groups is 1. The molecule has 0 fully saturated rings. The minimum Gasteiger partial charge on any atom is -0.452 e. The predicted molar refractivity (Wildman–Crippen MR) is 96.2 cm³/mol. The van der Waals surface area contributed by atoms with Crippen LogP contribution >= 0.6 is 15.9 Å². The molecular weight excluding hydrogens is 462 g/mol. The van der Waals surface area contributed by atoms with E-state index in [2.05, 4.69) is 26.1 Å². The Morgan fingerprint density at radius 3 is 2.32 bits per heavy atom. The van der Waals surface area contributed by atoms with E-state index >= 15 is 0 Å². The van der Waals surface area contributed by atoms with Gasteiger partial charge in [-0.25, -0.2) is 13.2 Å². The van der Waals surface area contributed by atoms with Crippen molar-refractivity contribution in [1.29, 1.82) is 0 Å². The molecule has 0 spiro atoms. The normalized spacial score (nSPS) is 11.6. The number of carbonyl (C=O) groups is 1. The fourth-order valence-corrected chi connectivity index (χ4v) is 3.10. The number of nitrogens with zero attached hydrogens (tertiary/aromatic N) is 2. The van der Waals surface area contributed by atoms with E-state index in [-0.39, 0.29) is 24.0 Å². The second-order valence-electron chi connectivity index (χ2n) is 5.41. The number of hydrogen-bond donors (Lipinski definition) is 0. The first kappa shape index (κ1) is 20.1. The lowest BCUT2D eigenvalue weighted by atomic mass is 10.2. The summed E-state index contributed by atoms with van der Waals surface area (Å²) in [6.45, 7) is -0.306. The minimum absolute atomic E-state index is 0.0131. The summed E-state index contributed by atoms with van der Waals surface area (Å²) in [4.78, 5) is 11.4. The van der Waals surface area contributed by atoms with E-state index < -0.39 is 26.5 Å². The molecule has 3 rings (SSSR count). The molecule has 1 heterocycles. The first-order chi connectivity index (χ1) is 13.3. The van der Waals surface area contributed by atoms with Crippen LogP contribution in [0.4, 0.5) is 8.78 Å². The van der Waals surface area contributed by atoms with Gasteiger partial charge < -0.3 is 9.15 Å². The van der Waals surface area contributed by atoms with Crippen molar-refractivity contribution in [2.24, 2.45) is 0 Å². The largest absolute Gasteiger partial charge is 0.452 e. The molecule has 146 valence electrons. The van der Waals surface area contributed by atoms with E-state index in [9.17, 15) is 22.0 Å². The Kier molecular flexibility index (Phi) is 5.84. The highest BCUT2D eigenvalue weighted by molar-refractivity contribution is 9.10. The van der Waals surface area contributed by atoms with Crippen LogP contribution in [0.1, 0.15) is 16.2 Å². The summed E-state index contributed by atoms with van der Waals surface area (Å²) in [5.74, 6) is -4.03. The molecule has 3 aromatic rings. The molecule has 1 aromatic heterocycles. The maximum Gasteiger partial charge on any atom is 0.341 e. The van der Waals surface area contributed by atoms with E-state index in [1.165, 1.54) is 0 Å². The number of alkyl halides is 2. The molecule has 0 atom stereocenters. The van der Waals surface area contributed by atoms with Gasteiger partial charge in [0, 0.05) is 10.0 Å². The fourth-order valence-electron chi connectivity index (χ4n) is 2.12. The van der Waals surface area contributed by atoms with Gasteiger partial charge in [0.15, 0.2) is 6.61 Å². The Balaban J connectivity index is 1.64. The van der Waals surface area contributed by atoms with Crippen LogP contribution < -0.4 is 0 Å². The maximum atomic E-state index is 12.5. The van der Waals surface area contributed by atoms with Gasteiger partial charge in [-0.15, -0.1) is 10.2 Å². The lowest BCUT2D eigenvalue weighted by Crippen LogP contribution is -2.12. The van der Waals surface area contributed by atoms with Crippen molar-refractivity contribution in [3.63, 3.8) is 0 Å². The SMILES string of the molecule is O=C(OCc1nnc(-c2ccc(Br)cc2)o1)c1ccc(S(=O)(=O)C(F)F)cc1. The number of rotatable bonds is 6. The van der Waals surface area contributed by atoms with Crippen LogP contribution in [0.3, 0.4) is 0 Å². The van der Waals surface area contributed by atoms with Crippen LogP contribution in [0.25, 0.3) is 11.5 Å². The molecule has 0 bridgehead atoms. The van der Waals surface area contributed by atoms with Crippen molar-refractivity contribution in [3.05, 3.63) is 64.5 Å². The van der Waals surface area contributed by atoms with Gasteiger partial charge in [-0.1, -0.05) is 15.9 Å². The Morgan fingerprint density at radius 2 is 1.71 bits per heavy atom. The lowest BCUT2D eigenvalue weighted by molar-refractivity contribution is 0.0438. The van der Waals surface area contributed by atoms with Crippen LogP contribution in [0.5, 0.6) is 0 Å². The highest BCUT2D eigenvalue weighted by Gasteiger charge is 2.26. The number of halogens is 3. The van der Waals surface area contributed by atoms with Gasteiger partial charge in [0.1, 0.15) is 0 Å². The highest BCUT2D eigenvalue weighted by Crippen LogP contribution is 2.21. The number of carbonyl (C=O) groups excluding carboxylic acids is 1. The molecule has 11 heteroatoms. The number of esters is 1. The molecule has 0 radical (unpaired) electrons. The van der Waals surface area contributed by atoms with E-state index in [4.69, 9.17) is 9.15 Å². The molecule has 0 aliphatic carbocycles. The first-order valence-corrected chi connectivity index (χ1v) is 9.99. The Morgan fingerprint density at radius 1 is 1.07 bits per heavy atom. The molecule has 28 heavy (non-hydrogen) atoms. The second-order valence-corrected chi connectivity index (χ2v) is 8.25. The van der Waals surface area contributed by atoms with E-state index in [1.807, 2.05) is 0 Å². The standard InChI is InChI=1S/C17H11BrF2N2O5S/c18-12-5-1-10(2-6-12)15-22-21-14(27-15)9-26-16(23)11-3-7-13(8-4-11)28(24,25)17(19)20/h1-8,17H,9H2. The Hall–Kier alpha value is -2.66. The van der Waals surface area contributed by atoms with Crippen molar-refractivity contribution in [2.45, 2.75) is 17.3 Å². The summed E-state index contributed by atoms with van der Waals surface area (Å²) in [6.07, 6.45) is 0. The second kappa shape index (κ2) is 8.15. The third kappa shape index (κ3) is 4.42. The average molecular weight is 473 g/mol. The number of aromatic nitrogens is 2. The minimum atomic E-state index is -4.72. The van der Waals surface area contributed by atoms with Gasteiger partial charge in [0.2, 0.25) is 15.7 Å². The van der Waals surface area contributed by atoms with Gasteiger partial charge >= 0.3 is 11.7 Å². The summed E-state index contributed by atoms with van der Waals surface area (Å²) < 4.78 is 59.1. The van der Waals surface area contributed by atoms with Gasteiger partial charge in [-0.05, 0) is 48.5 Å². The van der Waals surface area contributed by atoms with Crippen molar-refractivity contribution in [3.8, 4) is 11.5 Å².